The zero-order chi connectivity index (χ0) is 21.8. The Bertz CT molecular complexity index is 1210. The predicted molar refractivity (Wildman–Crippen MR) is 130 cm³/mol. The lowest BCUT2D eigenvalue weighted by atomic mass is 10.1. The second kappa shape index (κ2) is 9.29. The van der Waals surface area contributed by atoms with Crippen LogP contribution in [-0.4, -0.2) is 47.1 Å². The van der Waals surface area contributed by atoms with Crippen LogP contribution in [0, 0.1) is 0 Å². The van der Waals surface area contributed by atoms with Crippen molar-refractivity contribution in [1.29, 1.82) is 0 Å². The van der Waals surface area contributed by atoms with E-state index < -0.39 is 9.84 Å². The number of nitrogens with zero attached hydrogens (tertiary/aromatic N) is 3. The molecule has 3 aromatic rings. The third kappa shape index (κ3) is 5.57. The molecular formula is C21H20BrN5O2S2. The van der Waals surface area contributed by atoms with Crippen LogP contribution >= 0.6 is 28.1 Å². The molecule has 4 rings (SSSR count). The molecule has 1 aliphatic heterocycles. The molecule has 2 heterocycles. The van der Waals surface area contributed by atoms with Crippen LogP contribution < -0.4 is 10.7 Å². The van der Waals surface area contributed by atoms with Gasteiger partial charge in [-0.1, -0.05) is 46.3 Å². The second-order valence-corrected chi connectivity index (χ2v) is 10.7. The van der Waals surface area contributed by atoms with E-state index in [2.05, 4.69) is 31.8 Å². The van der Waals surface area contributed by atoms with Gasteiger partial charge in [-0.3, -0.25) is 5.43 Å². The number of thiocarbonyl (C=S) groups is 1. The molecule has 0 spiro atoms. The van der Waals surface area contributed by atoms with Gasteiger partial charge in [-0.15, -0.1) is 0 Å². The van der Waals surface area contributed by atoms with Gasteiger partial charge in [0.15, 0.2) is 14.9 Å². The van der Waals surface area contributed by atoms with Crippen molar-refractivity contribution in [3.05, 3.63) is 70.8 Å². The number of hydrogen-bond donors (Lipinski definition) is 2. The topological polar surface area (TPSA) is 88.4 Å². The summed E-state index contributed by atoms with van der Waals surface area (Å²) < 4.78 is 26.0. The van der Waals surface area contributed by atoms with Crippen LogP contribution in [0.4, 0.5) is 0 Å². The number of aromatic nitrogens is 2. The maximum Gasteiger partial charge on any atom is 0.187 e. The maximum atomic E-state index is 11.6. The van der Waals surface area contributed by atoms with Gasteiger partial charge in [0.25, 0.3) is 0 Å². The zero-order valence-electron chi connectivity index (χ0n) is 16.4. The fourth-order valence-electron chi connectivity index (χ4n) is 3.31. The van der Waals surface area contributed by atoms with Gasteiger partial charge in [-0.05, 0) is 42.9 Å². The van der Waals surface area contributed by atoms with E-state index in [-0.39, 0.29) is 17.5 Å². The SMILES string of the molecule is O=S1(=O)CCC(NC(=S)NN=Cc2cn(-c3ccccc3)nc2-c2ccc(Br)cc2)C1. The summed E-state index contributed by atoms with van der Waals surface area (Å²) in [6, 6.07) is 17.5. The minimum absolute atomic E-state index is 0.0933. The second-order valence-electron chi connectivity index (χ2n) is 7.16. The Kier molecular flexibility index (Phi) is 6.49. The highest BCUT2D eigenvalue weighted by Gasteiger charge is 2.28. The van der Waals surface area contributed by atoms with Crippen LogP contribution in [0.15, 0.2) is 70.4 Å². The average molecular weight is 518 g/mol. The molecule has 0 aliphatic carbocycles. The van der Waals surface area contributed by atoms with E-state index in [1.165, 1.54) is 0 Å². The number of rotatable bonds is 5. The molecule has 7 nitrogen and oxygen atoms in total. The quantitative estimate of drug-likeness (QED) is 0.306. The van der Waals surface area contributed by atoms with Crippen molar-refractivity contribution < 1.29 is 8.42 Å². The van der Waals surface area contributed by atoms with Crippen LogP contribution in [0.1, 0.15) is 12.0 Å². The van der Waals surface area contributed by atoms with Gasteiger partial charge in [0.2, 0.25) is 0 Å². The number of benzene rings is 2. The first-order valence-corrected chi connectivity index (χ1v) is 12.6. The van der Waals surface area contributed by atoms with Crippen molar-refractivity contribution in [2.75, 3.05) is 11.5 Å². The lowest BCUT2D eigenvalue weighted by Gasteiger charge is -2.11. The van der Waals surface area contributed by atoms with Gasteiger partial charge in [0.05, 0.1) is 23.4 Å². The lowest BCUT2D eigenvalue weighted by molar-refractivity contribution is 0.600. The molecule has 1 aliphatic rings. The number of halogens is 1. The third-order valence-corrected chi connectivity index (χ3v) is 7.32. The van der Waals surface area contributed by atoms with Gasteiger partial charge in [0, 0.05) is 27.8 Å². The van der Waals surface area contributed by atoms with Gasteiger partial charge in [-0.2, -0.15) is 10.2 Å². The first-order chi connectivity index (χ1) is 14.9. The summed E-state index contributed by atoms with van der Waals surface area (Å²) in [4.78, 5) is 0. The molecule has 2 aromatic carbocycles. The molecule has 2 N–H and O–H groups in total. The number of nitrogens with one attached hydrogen (secondary N) is 2. The van der Waals surface area contributed by atoms with E-state index in [1.54, 1.807) is 10.9 Å². The Morgan fingerprint density at radius 1 is 1.19 bits per heavy atom. The van der Waals surface area contributed by atoms with Gasteiger partial charge in [-0.25, -0.2) is 13.1 Å². The number of para-hydroxylation sites is 1. The summed E-state index contributed by atoms with van der Waals surface area (Å²) in [5.41, 5.74) is 6.26. The van der Waals surface area contributed by atoms with Gasteiger partial charge in [0.1, 0.15) is 5.69 Å². The molecule has 160 valence electrons. The van der Waals surface area contributed by atoms with E-state index in [0.29, 0.717) is 11.5 Å². The molecule has 1 aromatic heterocycles. The van der Waals surface area contributed by atoms with Crippen LogP contribution in [0.2, 0.25) is 0 Å². The van der Waals surface area contributed by atoms with E-state index in [0.717, 1.165) is 27.0 Å². The minimum atomic E-state index is -2.97. The molecule has 0 saturated carbocycles. The summed E-state index contributed by atoms with van der Waals surface area (Å²) in [5, 5.41) is 12.3. The molecule has 1 unspecified atom stereocenters. The summed E-state index contributed by atoms with van der Waals surface area (Å²) >= 11 is 8.70. The smallest absolute Gasteiger partial charge is 0.187 e. The Morgan fingerprint density at radius 2 is 1.94 bits per heavy atom. The van der Waals surface area contributed by atoms with Crippen molar-refractivity contribution in [2.45, 2.75) is 12.5 Å². The first-order valence-electron chi connectivity index (χ1n) is 9.61. The van der Waals surface area contributed by atoms with Crippen molar-refractivity contribution in [3.63, 3.8) is 0 Å². The van der Waals surface area contributed by atoms with Crippen molar-refractivity contribution in [1.82, 2.24) is 20.5 Å². The summed E-state index contributed by atoms with van der Waals surface area (Å²) in [7, 11) is -2.97. The lowest BCUT2D eigenvalue weighted by Crippen LogP contribution is -2.40. The Labute approximate surface area is 194 Å². The Morgan fingerprint density at radius 3 is 2.61 bits per heavy atom. The van der Waals surface area contributed by atoms with Crippen molar-refractivity contribution in [3.8, 4) is 16.9 Å². The highest BCUT2D eigenvalue weighted by atomic mass is 79.9. The monoisotopic (exact) mass is 517 g/mol. The van der Waals surface area contributed by atoms with Crippen molar-refractivity contribution >= 4 is 49.3 Å². The summed E-state index contributed by atoms with van der Waals surface area (Å²) in [6.45, 7) is 0. The fraction of sp³-hybridized carbons (Fsp3) is 0.190. The zero-order valence-corrected chi connectivity index (χ0v) is 19.6. The minimum Gasteiger partial charge on any atom is -0.358 e. The molecule has 10 heteroatoms. The van der Waals surface area contributed by atoms with E-state index >= 15 is 0 Å². The van der Waals surface area contributed by atoms with Crippen molar-refractivity contribution in [2.24, 2.45) is 5.10 Å². The van der Waals surface area contributed by atoms with E-state index in [9.17, 15) is 8.42 Å². The number of hydrazone groups is 1. The highest BCUT2D eigenvalue weighted by Crippen LogP contribution is 2.24. The first kappa shape index (κ1) is 21.7. The number of hydrogen-bond acceptors (Lipinski definition) is 5. The maximum absolute atomic E-state index is 11.6. The molecule has 1 atom stereocenters. The molecular weight excluding hydrogens is 498 g/mol. The largest absolute Gasteiger partial charge is 0.358 e. The van der Waals surface area contributed by atoms with Crippen LogP contribution in [-0.2, 0) is 9.84 Å². The number of sulfone groups is 1. The molecule has 1 fully saturated rings. The molecule has 1 saturated heterocycles. The van der Waals surface area contributed by atoms with Gasteiger partial charge < -0.3 is 5.32 Å². The standard InChI is InChI=1S/C21H20BrN5O2S2/c22-17-8-6-15(7-9-17)20-16(13-27(26-20)19-4-2-1-3-5-19)12-23-25-21(30)24-18-10-11-31(28,29)14-18/h1-9,12-13,18H,10-11,14H2,(H2,24,25,30). The van der Waals surface area contributed by atoms with E-state index in [4.69, 9.17) is 17.3 Å². The molecule has 31 heavy (non-hydrogen) atoms. The van der Waals surface area contributed by atoms with E-state index in [1.807, 2.05) is 60.8 Å². The third-order valence-electron chi connectivity index (χ3n) is 4.82. The average Bonchev–Trinajstić information content (AvgIpc) is 3.32. The van der Waals surface area contributed by atoms with Gasteiger partial charge >= 0.3 is 0 Å². The fourth-order valence-corrected chi connectivity index (χ4v) is 5.47. The Balaban J connectivity index is 1.53. The van der Waals surface area contributed by atoms with Crippen LogP contribution in [0.5, 0.6) is 0 Å². The highest BCUT2D eigenvalue weighted by molar-refractivity contribution is 9.10. The van der Waals surface area contributed by atoms with Crippen LogP contribution in [0.25, 0.3) is 16.9 Å². The Hall–Kier alpha value is -2.56. The van der Waals surface area contributed by atoms with Crippen LogP contribution in [0.3, 0.4) is 0 Å². The summed E-state index contributed by atoms with van der Waals surface area (Å²) in [6.07, 6.45) is 4.10. The predicted octanol–water partition coefficient (Wildman–Crippen LogP) is 3.29. The summed E-state index contributed by atoms with van der Waals surface area (Å²) in [5.74, 6) is 0.280. The molecule has 0 radical (unpaired) electrons. The normalized spacial score (nSPS) is 17.6. The molecule has 0 bridgehead atoms. The molecule has 0 amide bonds.